The van der Waals surface area contributed by atoms with Gasteiger partial charge in [0, 0.05) is 12.0 Å². The third kappa shape index (κ3) is 3.82. The summed E-state index contributed by atoms with van der Waals surface area (Å²) in [6.07, 6.45) is 2.59. The molecule has 1 unspecified atom stereocenters. The van der Waals surface area contributed by atoms with Gasteiger partial charge >= 0.3 is 5.97 Å². The highest BCUT2D eigenvalue weighted by Gasteiger charge is 2.19. The van der Waals surface area contributed by atoms with Gasteiger partial charge in [-0.05, 0) is 6.07 Å². The van der Waals surface area contributed by atoms with Crippen molar-refractivity contribution in [3.8, 4) is 5.75 Å². The Morgan fingerprint density at radius 3 is 3.09 bits per heavy atom. The van der Waals surface area contributed by atoms with Gasteiger partial charge in [0.2, 0.25) is 0 Å². The van der Waals surface area contributed by atoms with E-state index in [0.29, 0.717) is 24.7 Å². The number of hydrogen-bond donors (Lipinski definition) is 1. The number of hydrogen-bond acceptors (Lipinski definition) is 6. The van der Waals surface area contributed by atoms with Gasteiger partial charge < -0.3 is 14.2 Å². The lowest BCUT2D eigenvalue weighted by molar-refractivity contribution is -0.144. The number of H-pyrrole nitrogens is 1. The van der Waals surface area contributed by atoms with Crippen LogP contribution in [0, 0.1) is 0 Å². The van der Waals surface area contributed by atoms with Crippen LogP contribution in [0.25, 0.3) is 0 Å². The molecule has 7 nitrogen and oxygen atoms in total. The topological polar surface area (TPSA) is 86.3 Å². The fourth-order valence-corrected chi connectivity index (χ4v) is 2.21. The lowest BCUT2D eigenvalue weighted by Crippen LogP contribution is -2.17. The van der Waals surface area contributed by atoms with Crippen molar-refractivity contribution in [2.75, 3.05) is 13.2 Å². The third-order valence-corrected chi connectivity index (χ3v) is 3.33. The Kier molecular flexibility index (Phi) is 4.65. The summed E-state index contributed by atoms with van der Waals surface area (Å²) < 4.78 is 16.4. The Balaban J connectivity index is 1.57. The van der Waals surface area contributed by atoms with Crippen molar-refractivity contribution in [3.63, 3.8) is 0 Å². The molecule has 0 spiro atoms. The van der Waals surface area contributed by atoms with Crippen molar-refractivity contribution in [3.05, 3.63) is 41.7 Å². The number of ether oxygens (including phenoxy) is 3. The molecule has 0 saturated carbocycles. The SMILES string of the molecule is O=C(Cc1ccccc1OC1CCOC1)OCc1cn[nH]n1. The smallest absolute Gasteiger partial charge is 0.310 e. The fraction of sp³-hybridized carbons (Fsp3) is 0.400. The minimum absolute atomic E-state index is 0.0484. The normalized spacial score (nSPS) is 17.4. The van der Waals surface area contributed by atoms with Gasteiger partial charge in [-0.1, -0.05) is 18.2 Å². The van der Waals surface area contributed by atoms with Crippen molar-refractivity contribution >= 4 is 5.97 Å². The first kappa shape index (κ1) is 14.5. The number of carbonyl (C=O) groups is 1. The van der Waals surface area contributed by atoms with Gasteiger partial charge in [0.1, 0.15) is 24.2 Å². The molecule has 7 heteroatoms. The van der Waals surface area contributed by atoms with Crippen LogP contribution in [0.3, 0.4) is 0 Å². The molecule has 116 valence electrons. The number of rotatable bonds is 6. The Morgan fingerprint density at radius 1 is 1.41 bits per heavy atom. The monoisotopic (exact) mass is 303 g/mol. The molecule has 2 aromatic rings. The van der Waals surface area contributed by atoms with E-state index in [-0.39, 0.29) is 25.1 Å². The summed E-state index contributed by atoms with van der Waals surface area (Å²) in [7, 11) is 0. The minimum atomic E-state index is -0.332. The van der Waals surface area contributed by atoms with E-state index in [0.717, 1.165) is 12.0 Å². The maximum absolute atomic E-state index is 11.9. The number of esters is 1. The van der Waals surface area contributed by atoms with Crippen LogP contribution in [-0.4, -0.2) is 40.7 Å². The van der Waals surface area contributed by atoms with Crippen molar-refractivity contribution in [1.29, 1.82) is 0 Å². The summed E-state index contributed by atoms with van der Waals surface area (Å²) in [6.45, 7) is 1.41. The van der Waals surface area contributed by atoms with Crippen molar-refractivity contribution < 1.29 is 19.0 Å². The van der Waals surface area contributed by atoms with Crippen LogP contribution in [0.5, 0.6) is 5.75 Å². The van der Waals surface area contributed by atoms with Crippen LogP contribution in [0.15, 0.2) is 30.5 Å². The zero-order valence-electron chi connectivity index (χ0n) is 12.0. The van der Waals surface area contributed by atoms with Crippen LogP contribution >= 0.6 is 0 Å². The summed E-state index contributed by atoms with van der Waals surface area (Å²) in [6, 6.07) is 7.48. The van der Waals surface area contributed by atoms with Gasteiger partial charge in [-0.2, -0.15) is 15.4 Å². The fourth-order valence-electron chi connectivity index (χ4n) is 2.21. The zero-order valence-corrected chi connectivity index (χ0v) is 12.0. The Bertz CT molecular complexity index is 609. The van der Waals surface area contributed by atoms with Crippen molar-refractivity contribution in [2.45, 2.75) is 25.6 Å². The van der Waals surface area contributed by atoms with E-state index in [9.17, 15) is 4.79 Å². The molecule has 2 heterocycles. The Labute approximate surface area is 127 Å². The van der Waals surface area contributed by atoms with E-state index >= 15 is 0 Å². The number of benzene rings is 1. The number of aromatic nitrogens is 3. The molecule has 0 bridgehead atoms. The number of carbonyl (C=O) groups excluding carboxylic acids is 1. The van der Waals surface area contributed by atoms with Crippen LogP contribution in [0.4, 0.5) is 0 Å². The maximum Gasteiger partial charge on any atom is 0.310 e. The van der Waals surface area contributed by atoms with E-state index in [1.165, 1.54) is 6.20 Å². The molecule has 1 N–H and O–H groups in total. The van der Waals surface area contributed by atoms with E-state index in [2.05, 4.69) is 15.4 Å². The molecule has 1 fully saturated rings. The van der Waals surface area contributed by atoms with Gasteiger partial charge in [-0.15, -0.1) is 0 Å². The number of nitrogens with zero attached hydrogens (tertiary/aromatic N) is 2. The van der Waals surface area contributed by atoms with Crippen LogP contribution in [0.2, 0.25) is 0 Å². The van der Waals surface area contributed by atoms with Gasteiger partial charge in [-0.3, -0.25) is 4.79 Å². The molecule has 1 aromatic carbocycles. The number of aromatic amines is 1. The second-order valence-corrected chi connectivity index (χ2v) is 5.01. The van der Waals surface area contributed by atoms with Gasteiger partial charge in [0.15, 0.2) is 0 Å². The highest BCUT2D eigenvalue weighted by Crippen LogP contribution is 2.22. The first-order chi connectivity index (χ1) is 10.8. The van der Waals surface area contributed by atoms with Crippen LogP contribution in [0.1, 0.15) is 17.7 Å². The minimum Gasteiger partial charge on any atom is -0.488 e. The molecule has 0 radical (unpaired) electrons. The molecule has 0 amide bonds. The standard InChI is InChI=1S/C15H17N3O4/c19-15(21-9-12-8-16-18-17-12)7-11-3-1-2-4-14(11)22-13-5-6-20-10-13/h1-4,8,13H,5-7,9-10H2,(H,16,17,18). The van der Waals surface area contributed by atoms with Crippen molar-refractivity contribution in [2.24, 2.45) is 0 Å². The van der Waals surface area contributed by atoms with E-state index in [1.54, 1.807) is 0 Å². The highest BCUT2D eigenvalue weighted by atomic mass is 16.5. The predicted octanol–water partition coefficient (Wildman–Crippen LogP) is 1.26. The summed E-state index contributed by atoms with van der Waals surface area (Å²) in [5.74, 6) is 0.373. The summed E-state index contributed by atoms with van der Waals surface area (Å²) in [4.78, 5) is 11.9. The third-order valence-electron chi connectivity index (χ3n) is 3.33. The second kappa shape index (κ2) is 7.04. The van der Waals surface area contributed by atoms with Crippen molar-refractivity contribution in [1.82, 2.24) is 15.4 Å². The molecule has 3 rings (SSSR count). The maximum atomic E-state index is 11.9. The van der Waals surface area contributed by atoms with Crippen LogP contribution < -0.4 is 4.74 Å². The Morgan fingerprint density at radius 2 is 2.32 bits per heavy atom. The quantitative estimate of drug-likeness (QED) is 0.808. The zero-order chi connectivity index (χ0) is 15.2. The molecular formula is C15H17N3O4. The second-order valence-electron chi connectivity index (χ2n) is 5.01. The number of nitrogens with one attached hydrogen (secondary N) is 1. The molecule has 1 aliphatic heterocycles. The summed E-state index contributed by atoms with van der Waals surface area (Å²) >= 11 is 0. The first-order valence-electron chi connectivity index (χ1n) is 7.14. The van der Waals surface area contributed by atoms with E-state index < -0.39 is 0 Å². The summed E-state index contributed by atoms with van der Waals surface area (Å²) in [5, 5.41) is 9.96. The van der Waals surface area contributed by atoms with E-state index in [4.69, 9.17) is 14.2 Å². The highest BCUT2D eigenvalue weighted by molar-refractivity contribution is 5.73. The predicted molar refractivity (Wildman–Crippen MR) is 76.2 cm³/mol. The molecule has 22 heavy (non-hydrogen) atoms. The number of para-hydroxylation sites is 1. The molecule has 1 saturated heterocycles. The average molecular weight is 303 g/mol. The lowest BCUT2D eigenvalue weighted by atomic mass is 10.1. The van der Waals surface area contributed by atoms with Gasteiger partial charge in [0.05, 0.1) is 25.8 Å². The molecule has 1 atom stereocenters. The molecule has 1 aliphatic rings. The van der Waals surface area contributed by atoms with Gasteiger partial charge in [0.25, 0.3) is 0 Å². The molecular weight excluding hydrogens is 286 g/mol. The largest absolute Gasteiger partial charge is 0.488 e. The van der Waals surface area contributed by atoms with Crippen LogP contribution in [-0.2, 0) is 27.3 Å². The lowest BCUT2D eigenvalue weighted by Gasteiger charge is -2.15. The Hall–Kier alpha value is -2.41. The van der Waals surface area contributed by atoms with E-state index in [1.807, 2.05) is 24.3 Å². The first-order valence-corrected chi connectivity index (χ1v) is 7.14. The summed E-state index contributed by atoms with van der Waals surface area (Å²) in [5.41, 5.74) is 1.39. The average Bonchev–Trinajstić information content (AvgIpc) is 3.20. The molecule has 0 aliphatic carbocycles. The van der Waals surface area contributed by atoms with Gasteiger partial charge in [-0.25, -0.2) is 0 Å². The molecule has 1 aromatic heterocycles.